The van der Waals surface area contributed by atoms with Crippen molar-refractivity contribution in [3.8, 4) is 0 Å². The van der Waals surface area contributed by atoms with Gasteiger partial charge in [-0.2, -0.15) is 0 Å². The van der Waals surface area contributed by atoms with E-state index in [4.69, 9.17) is 23.2 Å². The molecule has 0 radical (unpaired) electrons. The molecule has 0 bridgehead atoms. The van der Waals surface area contributed by atoms with Crippen LogP contribution in [0.5, 0.6) is 0 Å². The highest BCUT2D eigenvalue weighted by Crippen LogP contribution is 2.44. The summed E-state index contributed by atoms with van der Waals surface area (Å²) in [6.07, 6.45) is 0. The molecule has 0 N–H and O–H groups in total. The Bertz CT molecular complexity index is 959. The van der Waals surface area contributed by atoms with Crippen molar-refractivity contribution in [2.24, 2.45) is 0 Å². The molecule has 0 unspecified atom stereocenters. The van der Waals surface area contributed by atoms with E-state index in [0.717, 1.165) is 30.6 Å². The summed E-state index contributed by atoms with van der Waals surface area (Å²) in [5.41, 5.74) is 0. The lowest BCUT2D eigenvalue weighted by Gasteiger charge is -2.09. The highest BCUT2D eigenvalue weighted by Gasteiger charge is 2.08. The largest absolute Gasteiger partial charge is 0.0843 e. The molecule has 0 saturated carbocycles. The van der Waals surface area contributed by atoms with Gasteiger partial charge in [0.25, 0.3) is 0 Å². The predicted molar refractivity (Wildman–Crippen MR) is 110 cm³/mol. The fourth-order valence-electron chi connectivity index (χ4n) is 2.71. The fourth-order valence-corrected chi connectivity index (χ4v) is 5.74. The first-order valence-corrected chi connectivity index (χ1v) is 10.3. The van der Waals surface area contributed by atoms with Crippen LogP contribution in [0.1, 0.15) is 0 Å². The van der Waals surface area contributed by atoms with Gasteiger partial charge in [0.1, 0.15) is 0 Å². The molecular formula is C20H12Cl2S2. The summed E-state index contributed by atoms with van der Waals surface area (Å²) < 4.78 is 0. The van der Waals surface area contributed by atoms with Gasteiger partial charge in [-0.15, -0.1) is 0 Å². The molecule has 24 heavy (non-hydrogen) atoms. The van der Waals surface area contributed by atoms with Crippen LogP contribution in [0.3, 0.4) is 0 Å². The summed E-state index contributed by atoms with van der Waals surface area (Å²) in [5, 5.41) is 6.25. The smallest absolute Gasteiger partial charge is 0.0423 e. The van der Waals surface area contributed by atoms with Crippen LogP contribution in [-0.4, -0.2) is 0 Å². The molecule has 0 atom stereocenters. The standard InChI is InChI=1S/C20H12Cl2S2/c21-15-9-13-5-1-3-7-17(13)19(11-15)23-24-20-12-16(22)10-14-6-2-4-8-18(14)20/h1-12H. The second-order valence-corrected chi connectivity index (χ2v) is 8.50. The fraction of sp³-hybridized carbons (Fsp3) is 0. The number of halogens is 2. The highest BCUT2D eigenvalue weighted by molar-refractivity contribution is 8.76. The van der Waals surface area contributed by atoms with Gasteiger partial charge < -0.3 is 0 Å². The average molecular weight is 387 g/mol. The van der Waals surface area contributed by atoms with E-state index in [2.05, 4.69) is 36.4 Å². The minimum absolute atomic E-state index is 0.757. The zero-order valence-electron chi connectivity index (χ0n) is 12.5. The third-order valence-corrected chi connectivity index (χ3v) is 6.68. The lowest BCUT2D eigenvalue weighted by atomic mass is 10.1. The van der Waals surface area contributed by atoms with Gasteiger partial charge in [0.2, 0.25) is 0 Å². The quantitative estimate of drug-likeness (QED) is 0.326. The maximum atomic E-state index is 6.28. The van der Waals surface area contributed by atoms with E-state index in [9.17, 15) is 0 Å². The molecule has 0 nitrogen and oxygen atoms in total. The summed E-state index contributed by atoms with van der Waals surface area (Å²) in [4.78, 5) is 2.32. The van der Waals surface area contributed by atoms with E-state index in [1.165, 1.54) is 10.8 Å². The Hall–Kier alpha value is -1.32. The van der Waals surface area contributed by atoms with Gasteiger partial charge in [-0.3, -0.25) is 0 Å². The number of hydrogen-bond donors (Lipinski definition) is 0. The predicted octanol–water partition coefficient (Wildman–Crippen LogP) is 8.10. The molecule has 0 aliphatic carbocycles. The van der Waals surface area contributed by atoms with E-state index in [1.807, 2.05) is 36.4 Å². The van der Waals surface area contributed by atoms with E-state index in [0.29, 0.717) is 0 Å². The zero-order valence-corrected chi connectivity index (χ0v) is 15.6. The van der Waals surface area contributed by atoms with Gasteiger partial charge in [-0.05, 0) is 45.8 Å². The minimum atomic E-state index is 0.757. The summed E-state index contributed by atoms with van der Waals surface area (Å²) in [7, 11) is 3.43. The Morgan fingerprint density at radius 3 is 1.42 bits per heavy atom. The van der Waals surface area contributed by atoms with Crippen LogP contribution in [0.25, 0.3) is 21.5 Å². The van der Waals surface area contributed by atoms with Crippen molar-refractivity contribution in [1.82, 2.24) is 0 Å². The number of fused-ring (bicyclic) bond motifs is 2. The lowest BCUT2D eigenvalue weighted by molar-refractivity contribution is 1.55. The second-order valence-electron chi connectivity index (χ2n) is 5.42. The molecule has 4 aromatic rings. The van der Waals surface area contributed by atoms with Crippen LogP contribution in [-0.2, 0) is 0 Å². The Labute approximate surface area is 158 Å². The topological polar surface area (TPSA) is 0 Å². The number of rotatable bonds is 3. The molecule has 0 heterocycles. The summed E-state index contributed by atoms with van der Waals surface area (Å²) in [6, 6.07) is 24.7. The van der Waals surface area contributed by atoms with Gasteiger partial charge in [0, 0.05) is 19.8 Å². The van der Waals surface area contributed by atoms with Crippen molar-refractivity contribution in [3.05, 3.63) is 82.8 Å². The highest BCUT2D eigenvalue weighted by atomic mass is 35.5. The molecule has 0 fully saturated rings. The van der Waals surface area contributed by atoms with E-state index in [1.54, 1.807) is 21.6 Å². The SMILES string of the molecule is Clc1cc(SSc2cc(Cl)cc3ccccc23)c2ccccc2c1. The molecule has 4 rings (SSSR count). The van der Waals surface area contributed by atoms with Gasteiger partial charge in [0.05, 0.1) is 0 Å². The normalized spacial score (nSPS) is 11.2. The molecule has 0 aliphatic heterocycles. The average Bonchev–Trinajstić information content (AvgIpc) is 2.59. The van der Waals surface area contributed by atoms with E-state index < -0.39 is 0 Å². The van der Waals surface area contributed by atoms with Crippen LogP contribution in [0, 0.1) is 0 Å². The van der Waals surface area contributed by atoms with E-state index in [-0.39, 0.29) is 0 Å². The molecule has 0 amide bonds. The Morgan fingerprint density at radius 2 is 0.958 bits per heavy atom. The lowest BCUT2D eigenvalue weighted by Crippen LogP contribution is -1.79. The molecule has 0 saturated heterocycles. The first-order chi connectivity index (χ1) is 11.7. The third-order valence-electron chi connectivity index (χ3n) is 3.80. The Kier molecular flexibility index (Phi) is 4.64. The molecular weight excluding hydrogens is 375 g/mol. The van der Waals surface area contributed by atoms with Crippen molar-refractivity contribution < 1.29 is 0 Å². The minimum Gasteiger partial charge on any atom is -0.0843 e. The van der Waals surface area contributed by atoms with Crippen molar-refractivity contribution in [2.45, 2.75) is 9.79 Å². The monoisotopic (exact) mass is 386 g/mol. The first-order valence-electron chi connectivity index (χ1n) is 7.42. The van der Waals surface area contributed by atoms with Crippen LogP contribution in [0.4, 0.5) is 0 Å². The van der Waals surface area contributed by atoms with Crippen molar-refractivity contribution in [3.63, 3.8) is 0 Å². The van der Waals surface area contributed by atoms with Crippen molar-refractivity contribution in [1.29, 1.82) is 0 Å². The van der Waals surface area contributed by atoms with Crippen molar-refractivity contribution in [2.75, 3.05) is 0 Å². The van der Waals surface area contributed by atoms with Gasteiger partial charge in [-0.25, -0.2) is 0 Å². The summed E-state index contributed by atoms with van der Waals surface area (Å²) >= 11 is 12.6. The zero-order chi connectivity index (χ0) is 16.5. The molecule has 4 heteroatoms. The Morgan fingerprint density at radius 1 is 0.542 bits per heavy atom. The molecule has 4 aromatic carbocycles. The third kappa shape index (κ3) is 3.25. The Balaban J connectivity index is 1.74. The van der Waals surface area contributed by atoms with Gasteiger partial charge >= 0.3 is 0 Å². The van der Waals surface area contributed by atoms with Gasteiger partial charge in [-0.1, -0.05) is 93.3 Å². The van der Waals surface area contributed by atoms with E-state index >= 15 is 0 Å². The van der Waals surface area contributed by atoms with Crippen LogP contribution in [0.15, 0.2) is 82.6 Å². The second kappa shape index (κ2) is 6.89. The first kappa shape index (κ1) is 16.2. The molecule has 118 valence electrons. The molecule has 0 spiro atoms. The van der Waals surface area contributed by atoms with Crippen molar-refractivity contribution >= 4 is 66.3 Å². The molecule has 0 aromatic heterocycles. The van der Waals surface area contributed by atoms with Gasteiger partial charge in [0.15, 0.2) is 0 Å². The van der Waals surface area contributed by atoms with Crippen LogP contribution >= 0.6 is 44.8 Å². The maximum absolute atomic E-state index is 6.28. The maximum Gasteiger partial charge on any atom is 0.0423 e. The van der Waals surface area contributed by atoms with Crippen LogP contribution in [0.2, 0.25) is 10.0 Å². The number of hydrogen-bond acceptors (Lipinski definition) is 2. The number of benzene rings is 4. The molecule has 0 aliphatic rings. The summed E-state index contributed by atoms with van der Waals surface area (Å²) in [6.45, 7) is 0. The summed E-state index contributed by atoms with van der Waals surface area (Å²) in [5.74, 6) is 0. The van der Waals surface area contributed by atoms with Crippen LogP contribution < -0.4 is 0 Å².